The molecule has 0 heterocycles. The van der Waals surface area contributed by atoms with Crippen molar-refractivity contribution >= 4 is 0 Å². The SMILES string of the molecule is CCCC(C)COCc1ccc(CCNC(C)C)cc1. The Morgan fingerprint density at radius 1 is 1.05 bits per heavy atom. The molecule has 0 aliphatic heterocycles. The largest absolute Gasteiger partial charge is 0.376 e. The van der Waals surface area contributed by atoms with Crippen molar-refractivity contribution in [3.8, 4) is 0 Å². The van der Waals surface area contributed by atoms with Crippen LogP contribution in [0.2, 0.25) is 0 Å². The summed E-state index contributed by atoms with van der Waals surface area (Å²) in [7, 11) is 0. The summed E-state index contributed by atoms with van der Waals surface area (Å²) >= 11 is 0. The first-order chi connectivity index (χ1) is 9.61. The highest BCUT2D eigenvalue weighted by molar-refractivity contribution is 5.22. The van der Waals surface area contributed by atoms with E-state index in [0.717, 1.165) is 26.2 Å². The van der Waals surface area contributed by atoms with Crippen molar-refractivity contribution in [2.75, 3.05) is 13.2 Å². The number of ether oxygens (including phenoxy) is 1. The highest BCUT2D eigenvalue weighted by Crippen LogP contribution is 2.09. The lowest BCUT2D eigenvalue weighted by molar-refractivity contribution is 0.0893. The Bertz CT molecular complexity index is 345. The molecule has 0 aliphatic carbocycles. The summed E-state index contributed by atoms with van der Waals surface area (Å²) in [6.45, 7) is 11.5. The van der Waals surface area contributed by atoms with E-state index in [0.29, 0.717) is 12.0 Å². The van der Waals surface area contributed by atoms with E-state index >= 15 is 0 Å². The van der Waals surface area contributed by atoms with Gasteiger partial charge in [0.15, 0.2) is 0 Å². The van der Waals surface area contributed by atoms with Crippen molar-refractivity contribution < 1.29 is 4.74 Å². The smallest absolute Gasteiger partial charge is 0.0717 e. The first-order valence-electron chi connectivity index (χ1n) is 8.00. The predicted molar refractivity (Wildman–Crippen MR) is 87.0 cm³/mol. The van der Waals surface area contributed by atoms with Gasteiger partial charge in [0.25, 0.3) is 0 Å². The third kappa shape index (κ3) is 7.66. The number of hydrogen-bond donors (Lipinski definition) is 1. The van der Waals surface area contributed by atoms with E-state index in [1.54, 1.807) is 0 Å². The zero-order chi connectivity index (χ0) is 14.8. The summed E-state index contributed by atoms with van der Waals surface area (Å²) in [5.41, 5.74) is 2.66. The summed E-state index contributed by atoms with van der Waals surface area (Å²) in [6, 6.07) is 9.38. The quantitative estimate of drug-likeness (QED) is 0.692. The number of rotatable bonds is 10. The van der Waals surface area contributed by atoms with Crippen LogP contribution in [0.25, 0.3) is 0 Å². The third-order valence-electron chi connectivity index (χ3n) is 3.44. The monoisotopic (exact) mass is 277 g/mol. The van der Waals surface area contributed by atoms with Crippen molar-refractivity contribution in [1.82, 2.24) is 5.32 Å². The molecule has 114 valence electrons. The van der Waals surface area contributed by atoms with Gasteiger partial charge in [-0.05, 0) is 36.4 Å². The Morgan fingerprint density at radius 2 is 1.70 bits per heavy atom. The maximum absolute atomic E-state index is 5.77. The van der Waals surface area contributed by atoms with Gasteiger partial charge in [0, 0.05) is 12.6 Å². The van der Waals surface area contributed by atoms with Gasteiger partial charge in [0.1, 0.15) is 0 Å². The molecule has 1 aromatic carbocycles. The number of hydrogen-bond acceptors (Lipinski definition) is 2. The van der Waals surface area contributed by atoms with E-state index in [1.807, 2.05) is 0 Å². The Kier molecular flexibility index (Phi) is 8.56. The lowest BCUT2D eigenvalue weighted by atomic mass is 10.1. The van der Waals surface area contributed by atoms with Crippen molar-refractivity contribution in [1.29, 1.82) is 0 Å². The minimum absolute atomic E-state index is 0.563. The van der Waals surface area contributed by atoms with Crippen LogP contribution in [0, 0.1) is 5.92 Å². The van der Waals surface area contributed by atoms with Gasteiger partial charge in [-0.1, -0.05) is 58.4 Å². The topological polar surface area (TPSA) is 21.3 Å². The van der Waals surface area contributed by atoms with E-state index in [9.17, 15) is 0 Å². The number of nitrogens with one attached hydrogen (secondary N) is 1. The maximum atomic E-state index is 5.77. The molecule has 0 fully saturated rings. The Labute approximate surface area is 124 Å². The zero-order valence-electron chi connectivity index (χ0n) is 13.6. The standard InChI is InChI=1S/C18H31NO/c1-5-6-16(4)13-20-14-18-9-7-17(8-10-18)11-12-19-15(2)3/h7-10,15-16,19H,5-6,11-14H2,1-4H3. The minimum Gasteiger partial charge on any atom is -0.376 e. The molecule has 0 saturated carbocycles. The molecular weight excluding hydrogens is 246 g/mol. The molecule has 2 nitrogen and oxygen atoms in total. The van der Waals surface area contributed by atoms with Crippen LogP contribution in [0.3, 0.4) is 0 Å². The van der Waals surface area contributed by atoms with Gasteiger partial charge < -0.3 is 10.1 Å². The van der Waals surface area contributed by atoms with Crippen molar-refractivity contribution in [2.45, 2.75) is 59.6 Å². The van der Waals surface area contributed by atoms with Gasteiger partial charge in [-0.2, -0.15) is 0 Å². The van der Waals surface area contributed by atoms with Gasteiger partial charge in [0.05, 0.1) is 6.61 Å². The first-order valence-corrected chi connectivity index (χ1v) is 8.00. The molecule has 0 bridgehead atoms. The number of benzene rings is 1. The van der Waals surface area contributed by atoms with Gasteiger partial charge in [-0.15, -0.1) is 0 Å². The van der Waals surface area contributed by atoms with Crippen LogP contribution in [0.15, 0.2) is 24.3 Å². The fraction of sp³-hybridized carbons (Fsp3) is 0.667. The molecule has 1 rings (SSSR count). The minimum atomic E-state index is 0.563. The molecule has 1 atom stereocenters. The van der Waals surface area contributed by atoms with Crippen LogP contribution in [-0.4, -0.2) is 19.2 Å². The molecule has 1 unspecified atom stereocenters. The fourth-order valence-electron chi connectivity index (χ4n) is 2.26. The molecule has 2 heteroatoms. The van der Waals surface area contributed by atoms with Crippen LogP contribution in [-0.2, 0) is 17.8 Å². The second-order valence-corrected chi connectivity index (χ2v) is 6.08. The van der Waals surface area contributed by atoms with Crippen molar-refractivity contribution in [2.24, 2.45) is 5.92 Å². The highest BCUT2D eigenvalue weighted by Gasteiger charge is 2.01. The molecule has 20 heavy (non-hydrogen) atoms. The van der Waals surface area contributed by atoms with Crippen LogP contribution in [0.4, 0.5) is 0 Å². The Balaban J connectivity index is 2.24. The predicted octanol–water partition coefficient (Wildman–Crippen LogP) is 4.18. The second kappa shape index (κ2) is 9.95. The fourth-order valence-corrected chi connectivity index (χ4v) is 2.26. The van der Waals surface area contributed by atoms with Crippen LogP contribution in [0.5, 0.6) is 0 Å². The van der Waals surface area contributed by atoms with Gasteiger partial charge in [-0.3, -0.25) is 0 Å². The van der Waals surface area contributed by atoms with E-state index in [4.69, 9.17) is 4.74 Å². The summed E-state index contributed by atoms with van der Waals surface area (Å²) in [5, 5.41) is 3.44. The van der Waals surface area contributed by atoms with Crippen LogP contribution in [0.1, 0.15) is 51.7 Å². The van der Waals surface area contributed by atoms with Gasteiger partial charge in [-0.25, -0.2) is 0 Å². The molecule has 0 radical (unpaired) electrons. The first kappa shape index (κ1) is 17.2. The molecular formula is C18H31NO. The van der Waals surface area contributed by atoms with E-state index in [2.05, 4.69) is 57.3 Å². The zero-order valence-corrected chi connectivity index (χ0v) is 13.6. The molecule has 0 aliphatic rings. The lowest BCUT2D eigenvalue weighted by Gasteiger charge is -2.11. The normalized spacial score (nSPS) is 12.8. The molecule has 0 saturated heterocycles. The molecule has 1 aromatic rings. The van der Waals surface area contributed by atoms with Crippen molar-refractivity contribution in [3.05, 3.63) is 35.4 Å². The summed E-state index contributed by atoms with van der Waals surface area (Å²) in [5.74, 6) is 0.668. The highest BCUT2D eigenvalue weighted by atomic mass is 16.5. The average molecular weight is 277 g/mol. The molecule has 0 aromatic heterocycles. The van der Waals surface area contributed by atoms with E-state index < -0.39 is 0 Å². The average Bonchev–Trinajstić information content (AvgIpc) is 2.40. The summed E-state index contributed by atoms with van der Waals surface area (Å²) in [6.07, 6.45) is 3.58. The Morgan fingerprint density at radius 3 is 2.30 bits per heavy atom. The molecule has 0 amide bonds. The van der Waals surface area contributed by atoms with Crippen LogP contribution >= 0.6 is 0 Å². The Hall–Kier alpha value is -0.860. The van der Waals surface area contributed by atoms with Gasteiger partial charge >= 0.3 is 0 Å². The van der Waals surface area contributed by atoms with Crippen LogP contribution < -0.4 is 5.32 Å². The summed E-state index contributed by atoms with van der Waals surface area (Å²) in [4.78, 5) is 0. The third-order valence-corrected chi connectivity index (χ3v) is 3.44. The van der Waals surface area contributed by atoms with Gasteiger partial charge in [0.2, 0.25) is 0 Å². The summed E-state index contributed by atoms with van der Waals surface area (Å²) < 4.78 is 5.77. The van der Waals surface area contributed by atoms with E-state index in [-0.39, 0.29) is 0 Å². The second-order valence-electron chi connectivity index (χ2n) is 6.08. The van der Waals surface area contributed by atoms with E-state index in [1.165, 1.54) is 24.0 Å². The molecule has 0 spiro atoms. The molecule has 1 N–H and O–H groups in total. The maximum Gasteiger partial charge on any atom is 0.0717 e. The van der Waals surface area contributed by atoms with Crippen molar-refractivity contribution in [3.63, 3.8) is 0 Å². The lowest BCUT2D eigenvalue weighted by Crippen LogP contribution is -2.24.